The Morgan fingerprint density at radius 3 is 2.61 bits per heavy atom. The van der Waals surface area contributed by atoms with Crippen molar-refractivity contribution in [3.63, 3.8) is 0 Å². The number of likely N-dealkylation sites (tertiary alicyclic amines) is 1. The van der Waals surface area contributed by atoms with E-state index in [1.807, 2.05) is 32.7 Å². The fourth-order valence-electron chi connectivity index (χ4n) is 2.55. The highest BCUT2D eigenvalue weighted by Crippen LogP contribution is 2.21. The number of piperidine rings is 1. The molecule has 0 spiro atoms. The van der Waals surface area contributed by atoms with Gasteiger partial charge in [0.25, 0.3) is 0 Å². The van der Waals surface area contributed by atoms with Crippen LogP contribution in [0.3, 0.4) is 0 Å². The topological polar surface area (TPSA) is 71.5 Å². The molecule has 8 heteroatoms. The molecule has 128 valence electrons. The molecule has 0 aromatic carbocycles. The summed E-state index contributed by atoms with van der Waals surface area (Å²) in [5.74, 6) is 1.05. The summed E-state index contributed by atoms with van der Waals surface area (Å²) in [6, 6.07) is 0. The molecule has 0 N–H and O–H groups in total. The van der Waals surface area contributed by atoms with Crippen molar-refractivity contribution in [2.45, 2.75) is 39.2 Å². The van der Waals surface area contributed by atoms with E-state index in [1.54, 1.807) is 4.90 Å². The number of hydrogen-bond donors (Lipinski definition) is 0. The van der Waals surface area contributed by atoms with Gasteiger partial charge in [-0.25, -0.2) is 14.8 Å². The fourth-order valence-corrected chi connectivity index (χ4v) is 2.67. The molecule has 1 aliphatic heterocycles. The zero-order chi connectivity index (χ0) is 17.0. The summed E-state index contributed by atoms with van der Waals surface area (Å²) < 4.78 is 5.41. The van der Waals surface area contributed by atoms with Crippen LogP contribution < -0.4 is 4.90 Å². The molecule has 0 saturated carbocycles. The Hall–Kier alpha value is -1.63. The number of halogens is 1. The van der Waals surface area contributed by atoms with Crippen molar-refractivity contribution < 1.29 is 9.53 Å². The van der Waals surface area contributed by atoms with Crippen LogP contribution in [-0.2, 0) is 4.74 Å². The summed E-state index contributed by atoms with van der Waals surface area (Å²) in [6.07, 6.45) is 3.05. The summed E-state index contributed by atoms with van der Waals surface area (Å²) in [6.45, 7) is 7.89. The zero-order valence-electron chi connectivity index (χ0n) is 14.1. The third-order valence-electron chi connectivity index (χ3n) is 3.67. The van der Waals surface area contributed by atoms with Crippen molar-refractivity contribution in [2.75, 3.05) is 31.6 Å². The van der Waals surface area contributed by atoms with Crippen molar-refractivity contribution in [3.8, 4) is 0 Å². The lowest BCUT2D eigenvalue weighted by Crippen LogP contribution is -2.43. The number of amides is 1. The fraction of sp³-hybridized carbons (Fsp3) is 0.733. The number of nitrogens with zero attached hydrogens (tertiary/aromatic N) is 5. The number of hydrogen-bond acceptors (Lipinski definition) is 6. The highest BCUT2D eigenvalue weighted by atomic mass is 35.5. The van der Waals surface area contributed by atoms with Gasteiger partial charge >= 0.3 is 6.09 Å². The Balaban J connectivity index is 1.81. The highest BCUT2D eigenvalue weighted by molar-refractivity contribution is 6.28. The van der Waals surface area contributed by atoms with Crippen LogP contribution in [0.1, 0.15) is 33.6 Å². The third kappa shape index (κ3) is 5.49. The average molecular weight is 342 g/mol. The third-order valence-corrected chi connectivity index (χ3v) is 3.85. The van der Waals surface area contributed by atoms with Gasteiger partial charge in [0.2, 0.25) is 11.2 Å². The van der Waals surface area contributed by atoms with Gasteiger partial charge in [-0.1, -0.05) is 0 Å². The van der Waals surface area contributed by atoms with Crippen LogP contribution in [0.5, 0.6) is 0 Å². The second-order valence-electron chi connectivity index (χ2n) is 6.85. The van der Waals surface area contributed by atoms with E-state index in [4.69, 9.17) is 16.3 Å². The van der Waals surface area contributed by atoms with E-state index in [2.05, 4.69) is 15.0 Å². The largest absolute Gasteiger partial charge is 0.444 e. The zero-order valence-corrected chi connectivity index (χ0v) is 14.9. The molecule has 0 bridgehead atoms. The first-order chi connectivity index (χ1) is 10.7. The number of ether oxygens (including phenoxy) is 1. The Kier molecular flexibility index (Phi) is 5.62. The summed E-state index contributed by atoms with van der Waals surface area (Å²) in [4.78, 5) is 27.8. The van der Waals surface area contributed by atoms with Gasteiger partial charge in [-0.2, -0.15) is 4.98 Å². The minimum Gasteiger partial charge on any atom is -0.444 e. The molecule has 1 aromatic heterocycles. The van der Waals surface area contributed by atoms with Crippen LogP contribution in [0.2, 0.25) is 5.28 Å². The molecule has 1 fully saturated rings. The number of carbonyl (C=O) groups excluding carboxylic acids is 1. The van der Waals surface area contributed by atoms with Crippen LogP contribution >= 0.6 is 11.6 Å². The van der Waals surface area contributed by atoms with E-state index < -0.39 is 5.60 Å². The van der Waals surface area contributed by atoms with Gasteiger partial charge in [0.15, 0.2) is 0 Å². The van der Waals surface area contributed by atoms with Crippen molar-refractivity contribution in [1.29, 1.82) is 0 Å². The Morgan fingerprint density at radius 2 is 2.04 bits per heavy atom. The molecular weight excluding hydrogens is 318 g/mol. The Bertz CT molecular complexity index is 541. The second kappa shape index (κ2) is 7.29. The molecule has 7 nitrogen and oxygen atoms in total. The first-order valence-electron chi connectivity index (χ1n) is 7.78. The molecule has 0 atom stereocenters. The van der Waals surface area contributed by atoms with Crippen molar-refractivity contribution >= 4 is 23.6 Å². The van der Waals surface area contributed by atoms with Gasteiger partial charge in [0, 0.05) is 26.7 Å². The first kappa shape index (κ1) is 17.7. The second-order valence-corrected chi connectivity index (χ2v) is 7.18. The van der Waals surface area contributed by atoms with E-state index in [1.165, 1.54) is 6.33 Å². The number of rotatable bonds is 3. The maximum absolute atomic E-state index is 12.1. The molecule has 0 aliphatic carbocycles. The van der Waals surface area contributed by atoms with E-state index in [0.717, 1.165) is 19.4 Å². The van der Waals surface area contributed by atoms with E-state index in [-0.39, 0.29) is 11.4 Å². The van der Waals surface area contributed by atoms with Gasteiger partial charge in [-0.3, -0.25) is 0 Å². The van der Waals surface area contributed by atoms with E-state index in [9.17, 15) is 4.79 Å². The predicted molar refractivity (Wildman–Crippen MR) is 88.6 cm³/mol. The quantitative estimate of drug-likeness (QED) is 0.841. The maximum atomic E-state index is 12.1. The predicted octanol–water partition coefficient (Wildman–Crippen LogP) is 2.61. The van der Waals surface area contributed by atoms with Gasteiger partial charge in [-0.15, -0.1) is 0 Å². The van der Waals surface area contributed by atoms with Crippen LogP contribution in [0.4, 0.5) is 10.7 Å². The lowest BCUT2D eigenvalue weighted by atomic mass is 9.96. The van der Waals surface area contributed by atoms with Crippen molar-refractivity contribution in [2.24, 2.45) is 5.92 Å². The van der Waals surface area contributed by atoms with Crippen LogP contribution in [0, 0.1) is 5.92 Å². The summed E-state index contributed by atoms with van der Waals surface area (Å²) in [5, 5.41) is 0.196. The van der Waals surface area contributed by atoms with Crippen molar-refractivity contribution in [3.05, 3.63) is 11.6 Å². The number of aromatic nitrogens is 3. The van der Waals surface area contributed by atoms with Gasteiger partial charge < -0.3 is 14.5 Å². The molecule has 23 heavy (non-hydrogen) atoms. The lowest BCUT2D eigenvalue weighted by molar-refractivity contribution is 0.0186. The minimum absolute atomic E-state index is 0.196. The van der Waals surface area contributed by atoms with E-state index in [0.29, 0.717) is 25.0 Å². The molecule has 1 saturated heterocycles. The molecule has 2 rings (SSSR count). The SMILES string of the molecule is CN(CC1CCN(C(=O)OC(C)(C)C)CC1)c1ncnc(Cl)n1. The first-order valence-corrected chi connectivity index (χ1v) is 8.16. The minimum atomic E-state index is -0.452. The summed E-state index contributed by atoms with van der Waals surface area (Å²) in [7, 11) is 1.94. The monoisotopic (exact) mass is 341 g/mol. The summed E-state index contributed by atoms with van der Waals surface area (Å²) in [5.41, 5.74) is -0.452. The lowest BCUT2D eigenvalue weighted by Gasteiger charge is -2.34. The van der Waals surface area contributed by atoms with Gasteiger partial charge in [0.1, 0.15) is 11.9 Å². The number of anilines is 1. The summed E-state index contributed by atoms with van der Waals surface area (Å²) >= 11 is 5.79. The maximum Gasteiger partial charge on any atom is 0.410 e. The molecule has 1 amide bonds. The molecule has 0 radical (unpaired) electrons. The molecule has 0 unspecified atom stereocenters. The van der Waals surface area contributed by atoms with Crippen LogP contribution in [0.25, 0.3) is 0 Å². The molecule has 1 aliphatic rings. The van der Waals surface area contributed by atoms with Crippen molar-refractivity contribution in [1.82, 2.24) is 19.9 Å². The standard InChI is InChI=1S/C15H24ClN5O2/c1-15(2,3)23-14(22)21-7-5-11(6-8-21)9-20(4)13-18-10-17-12(16)19-13/h10-11H,5-9H2,1-4H3. The highest BCUT2D eigenvalue weighted by Gasteiger charge is 2.27. The average Bonchev–Trinajstić information content (AvgIpc) is 2.46. The molecule has 1 aromatic rings. The molecule has 2 heterocycles. The van der Waals surface area contributed by atoms with Crippen LogP contribution in [0.15, 0.2) is 6.33 Å². The Morgan fingerprint density at radius 1 is 1.39 bits per heavy atom. The van der Waals surface area contributed by atoms with Gasteiger partial charge in [-0.05, 0) is 51.1 Å². The number of carbonyl (C=O) groups is 1. The molecular formula is C15H24ClN5O2. The smallest absolute Gasteiger partial charge is 0.410 e. The van der Waals surface area contributed by atoms with Crippen LogP contribution in [-0.4, -0.2) is 58.2 Å². The Labute approximate surface area is 142 Å². The van der Waals surface area contributed by atoms with Gasteiger partial charge in [0.05, 0.1) is 0 Å². The normalized spacial score (nSPS) is 16.3. The van der Waals surface area contributed by atoms with E-state index >= 15 is 0 Å².